The van der Waals surface area contributed by atoms with Crippen molar-refractivity contribution in [2.45, 2.75) is 26.4 Å². The van der Waals surface area contributed by atoms with Crippen LogP contribution in [0, 0.1) is 6.92 Å². The van der Waals surface area contributed by atoms with Gasteiger partial charge in [-0.1, -0.05) is 5.16 Å². The monoisotopic (exact) mass is 170 g/mol. The first-order valence-corrected chi connectivity index (χ1v) is 3.95. The SMILES string of the molecule is Cc1noc(CNC(C)CN)n1. The fraction of sp³-hybridized carbons (Fsp3) is 0.714. The summed E-state index contributed by atoms with van der Waals surface area (Å²) in [5, 5.41) is 6.80. The quantitative estimate of drug-likeness (QED) is 0.655. The molecule has 1 aromatic rings. The van der Waals surface area contributed by atoms with Crippen LogP contribution in [0.1, 0.15) is 18.6 Å². The predicted octanol–water partition coefficient (Wildman–Crippen LogP) is -0.185. The van der Waals surface area contributed by atoms with E-state index in [1.165, 1.54) is 0 Å². The molecule has 68 valence electrons. The molecule has 0 radical (unpaired) electrons. The molecule has 0 aliphatic heterocycles. The van der Waals surface area contributed by atoms with Crippen LogP contribution in [0.2, 0.25) is 0 Å². The second kappa shape index (κ2) is 4.18. The van der Waals surface area contributed by atoms with Gasteiger partial charge in [0.05, 0.1) is 6.54 Å². The molecule has 0 saturated carbocycles. The third-order valence-corrected chi connectivity index (χ3v) is 1.52. The number of aromatic nitrogens is 2. The van der Waals surface area contributed by atoms with E-state index in [0.717, 1.165) is 0 Å². The Morgan fingerprint density at radius 3 is 2.92 bits per heavy atom. The van der Waals surface area contributed by atoms with Gasteiger partial charge in [0.15, 0.2) is 5.82 Å². The Morgan fingerprint density at radius 1 is 1.67 bits per heavy atom. The van der Waals surface area contributed by atoms with Gasteiger partial charge in [0.1, 0.15) is 0 Å². The van der Waals surface area contributed by atoms with Gasteiger partial charge in [0, 0.05) is 12.6 Å². The zero-order valence-corrected chi connectivity index (χ0v) is 7.37. The minimum Gasteiger partial charge on any atom is -0.338 e. The van der Waals surface area contributed by atoms with Crippen molar-refractivity contribution in [3.8, 4) is 0 Å². The molecule has 0 aromatic carbocycles. The first-order valence-electron chi connectivity index (χ1n) is 3.95. The molecule has 0 bridgehead atoms. The zero-order chi connectivity index (χ0) is 8.97. The number of hydrogen-bond donors (Lipinski definition) is 2. The molecular formula is C7H14N4O. The highest BCUT2D eigenvalue weighted by Gasteiger charge is 2.03. The first kappa shape index (κ1) is 9.15. The highest BCUT2D eigenvalue weighted by atomic mass is 16.5. The smallest absolute Gasteiger partial charge is 0.240 e. The Labute approximate surface area is 71.3 Å². The lowest BCUT2D eigenvalue weighted by Gasteiger charge is -2.07. The summed E-state index contributed by atoms with van der Waals surface area (Å²) in [7, 11) is 0. The highest BCUT2D eigenvalue weighted by molar-refractivity contribution is 4.82. The summed E-state index contributed by atoms with van der Waals surface area (Å²) in [5.41, 5.74) is 5.41. The van der Waals surface area contributed by atoms with E-state index in [2.05, 4.69) is 15.5 Å². The number of nitrogens with two attached hydrogens (primary N) is 1. The lowest BCUT2D eigenvalue weighted by atomic mass is 10.3. The number of nitrogens with zero attached hydrogens (tertiary/aromatic N) is 2. The second-order valence-electron chi connectivity index (χ2n) is 2.75. The molecule has 1 unspecified atom stereocenters. The van der Waals surface area contributed by atoms with E-state index in [1.807, 2.05) is 6.92 Å². The summed E-state index contributed by atoms with van der Waals surface area (Å²) in [6, 6.07) is 0.275. The van der Waals surface area contributed by atoms with Gasteiger partial charge in [-0.2, -0.15) is 4.98 Å². The fourth-order valence-electron chi connectivity index (χ4n) is 0.757. The molecule has 12 heavy (non-hydrogen) atoms. The van der Waals surface area contributed by atoms with E-state index in [9.17, 15) is 0 Å². The van der Waals surface area contributed by atoms with Crippen molar-refractivity contribution in [2.75, 3.05) is 6.54 Å². The number of rotatable bonds is 4. The lowest BCUT2D eigenvalue weighted by Crippen LogP contribution is -2.32. The fourth-order valence-corrected chi connectivity index (χ4v) is 0.757. The summed E-state index contributed by atoms with van der Waals surface area (Å²) in [4.78, 5) is 4.04. The molecule has 1 heterocycles. The van der Waals surface area contributed by atoms with Crippen LogP contribution in [-0.4, -0.2) is 22.7 Å². The average molecular weight is 170 g/mol. The van der Waals surface area contributed by atoms with Gasteiger partial charge < -0.3 is 15.6 Å². The van der Waals surface area contributed by atoms with E-state index in [0.29, 0.717) is 24.8 Å². The van der Waals surface area contributed by atoms with Crippen molar-refractivity contribution in [2.24, 2.45) is 5.73 Å². The summed E-state index contributed by atoms with van der Waals surface area (Å²) >= 11 is 0. The predicted molar refractivity (Wildman–Crippen MR) is 44.4 cm³/mol. The summed E-state index contributed by atoms with van der Waals surface area (Å²) in [6.45, 7) is 4.98. The summed E-state index contributed by atoms with van der Waals surface area (Å²) in [6.07, 6.45) is 0. The molecular weight excluding hydrogens is 156 g/mol. The molecule has 0 aliphatic carbocycles. The molecule has 0 saturated heterocycles. The van der Waals surface area contributed by atoms with Crippen molar-refractivity contribution in [1.29, 1.82) is 0 Å². The number of nitrogens with one attached hydrogen (secondary N) is 1. The number of aryl methyl sites for hydroxylation is 1. The summed E-state index contributed by atoms with van der Waals surface area (Å²) < 4.78 is 4.89. The Morgan fingerprint density at radius 2 is 2.42 bits per heavy atom. The second-order valence-corrected chi connectivity index (χ2v) is 2.75. The maximum Gasteiger partial charge on any atom is 0.240 e. The molecule has 1 atom stereocenters. The average Bonchev–Trinajstić information content (AvgIpc) is 2.47. The third kappa shape index (κ3) is 2.60. The van der Waals surface area contributed by atoms with E-state index in [1.54, 1.807) is 6.92 Å². The maximum absolute atomic E-state index is 5.41. The van der Waals surface area contributed by atoms with Crippen molar-refractivity contribution < 1.29 is 4.52 Å². The van der Waals surface area contributed by atoms with Crippen LogP contribution >= 0.6 is 0 Å². The topological polar surface area (TPSA) is 77.0 Å². The third-order valence-electron chi connectivity index (χ3n) is 1.52. The summed E-state index contributed by atoms with van der Waals surface area (Å²) in [5.74, 6) is 1.26. The van der Waals surface area contributed by atoms with Gasteiger partial charge >= 0.3 is 0 Å². The molecule has 5 heteroatoms. The molecule has 3 N–H and O–H groups in total. The van der Waals surface area contributed by atoms with Crippen LogP contribution in [0.15, 0.2) is 4.52 Å². The van der Waals surface area contributed by atoms with Crippen molar-refractivity contribution in [3.63, 3.8) is 0 Å². The van der Waals surface area contributed by atoms with Crippen LogP contribution in [0.25, 0.3) is 0 Å². The van der Waals surface area contributed by atoms with Gasteiger partial charge in [-0.05, 0) is 13.8 Å². The first-order chi connectivity index (χ1) is 5.72. The highest BCUT2D eigenvalue weighted by Crippen LogP contribution is 1.94. The van der Waals surface area contributed by atoms with Crippen molar-refractivity contribution >= 4 is 0 Å². The molecule has 0 amide bonds. The molecule has 1 aromatic heterocycles. The Hall–Kier alpha value is -0.940. The normalized spacial score (nSPS) is 13.2. The van der Waals surface area contributed by atoms with Crippen LogP contribution in [0.4, 0.5) is 0 Å². The van der Waals surface area contributed by atoms with Crippen LogP contribution in [0.3, 0.4) is 0 Å². The molecule has 0 spiro atoms. The number of hydrogen-bond acceptors (Lipinski definition) is 5. The Kier molecular flexibility index (Phi) is 3.19. The standard InChI is InChI=1S/C7H14N4O/c1-5(3-8)9-4-7-10-6(2)11-12-7/h5,9H,3-4,8H2,1-2H3. The lowest BCUT2D eigenvalue weighted by molar-refractivity contribution is 0.357. The van der Waals surface area contributed by atoms with Gasteiger partial charge in [-0.15, -0.1) is 0 Å². The minimum absolute atomic E-state index is 0.275. The van der Waals surface area contributed by atoms with Gasteiger partial charge in [0.2, 0.25) is 5.89 Å². The molecule has 1 rings (SSSR count). The van der Waals surface area contributed by atoms with Crippen LogP contribution < -0.4 is 11.1 Å². The Balaban J connectivity index is 2.33. The van der Waals surface area contributed by atoms with Gasteiger partial charge in [-0.25, -0.2) is 0 Å². The Bertz CT molecular complexity index is 235. The van der Waals surface area contributed by atoms with Crippen LogP contribution in [-0.2, 0) is 6.54 Å². The maximum atomic E-state index is 5.41. The van der Waals surface area contributed by atoms with E-state index in [4.69, 9.17) is 10.3 Å². The zero-order valence-electron chi connectivity index (χ0n) is 7.37. The van der Waals surface area contributed by atoms with Gasteiger partial charge in [-0.3, -0.25) is 0 Å². The molecule has 0 fully saturated rings. The van der Waals surface area contributed by atoms with E-state index >= 15 is 0 Å². The minimum atomic E-state index is 0.275. The molecule has 5 nitrogen and oxygen atoms in total. The van der Waals surface area contributed by atoms with Gasteiger partial charge in [0.25, 0.3) is 0 Å². The van der Waals surface area contributed by atoms with Crippen LogP contribution in [0.5, 0.6) is 0 Å². The van der Waals surface area contributed by atoms with E-state index < -0.39 is 0 Å². The van der Waals surface area contributed by atoms with E-state index in [-0.39, 0.29) is 6.04 Å². The molecule has 0 aliphatic rings. The van der Waals surface area contributed by atoms with Crippen molar-refractivity contribution in [1.82, 2.24) is 15.5 Å². The largest absolute Gasteiger partial charge is 0.338 e. The van der Waals surface area contributed by atoms with Crippen molar-refractivity contribution in [3.05, 3.63) is 11.7 Å².